The number of likely N-dealkylation sites (tertiary alicyclic amines) is 1. The van der Waals surface area contributed by atoms with Gasteiger partial charge in [0.05, 0.1) is 7.11 Å². The van der Waals surface area contributed by atoms with Crippen molar-refractivity contribution >= 4 is 0 Å². The fourth-order valence-corrected chi connectivity index (χ4v) is 3.90. The van der Waals surface area contributed by atoms with Crippen LogP contribution in [0.1, 0.15) is 18.4 Å². The van der Waals surface area contributed by atoms with Crippen molar-refractivity contribution in [1.29, 1.82) is 0 Å². The predicted molar refractivity (Wildman–Crippen MR) is 94.9 cm³/mol. The SMILES string of the molecule is COc1cc(CN2CCCC(CN3CCN(C)CC3)C2)ccc1F. The van der Waals surface area contributed by atoms with Crippen LogP contribution in [0.3, 0.4) is 0 Å². The van der Waals surface area contributed by atoms with Crippen LogP contribution >= 0.6 is 0 Å². The van der Waals surface area contributed by atoms with E-state index in [1.165, 1.54) is 58.7 Å². The van der Waals surface area contributed by atoms with Gasteiger partial charge in [-0.05, 0) is 50.0 Å². The highest BCUT2D eigenvalue weighted by atomic mass is 19.1. The Labute approximate surface area is 145 Å². The van der Waals surface area contributed by atoms with E-state index in [9.17, 15) is 4.39 Å². The molecule has 0 saturated carbocycles. The van der Waals surface area contributed by atoms with E-state index < -0.39 is 0 Å². The van der Waals surface area contributed by atoms with Gasteiger partial charge in [0.2, 0.25) is 0 Å². The van der Waals surface area contributed by atoms with E-state index in [-0.39, 0.29) is 5.82 Å². The van der Waals surface area contributed by atoms with Gasteiger partial charge in [-0.25, -0.2) is 4.39 Å². The molecule has 1 atom stereocenters. The summed E-state index contributed by atoms with van der Waals surface area (Å²) in [7, 11) is 3.73. The number of halogens is 1. The standard InChI is InChI=1S/C19H30FN3O/c1-21-8-10-22(11-9-21)14-17-4-3-7-23(15-17)13-16-5-6-18(20)19(12-16)24-2/h5-6,12,17H,3-4,7-11,13-15H2,1-2H3. The zero-order valence-corrected chi connectivity index (χ0v) is 15.0. The van der Waals surface area contributed by atoms with E-state index in [1.807, 2.05) is 12.1 Å². The van der Waals surface area contributed by atoms with Crippen molar-refractivity contribution in [2.24, 2.45) is 5.92 Å². The number of piperidine rings is 1. The maximum Gasteiger partial charge on any atom is 0.165 e. The summed E-state index contributed by atoms with van der Waals surface area (Å²) in [6.07, 6.45) is 2.59. The Bertz CT molecular complexity index is 531. The highest BCUT2D eigenvalue weighted by molar-refractivity contribution is 5.30. The molecule has 0 aromatic heterocycles. The summed E-state index contributed by atoms with van der Waals surface area (Å²) < 4.78 is 18.7. The van der Waals surface area contributed by atoms with Gasteiger partial charge in [-0.2, -0.15) is 0 Å². The molecular weight excluding hydrogens is 305 g/mol. The minimum atomic E-state index is -0.284. The summed E-state index contributed by atoms with van der Waals surface area (Å²) in [5.74, 6) is 0.816. The fourth-order valence-electron chi connectivity index (χ4n) is 3.90. The molecule has 0 amide bonds. The highest BCUT2D eigenvalue weighted by Crippen LogP contribution is 2.23. The second kappa shape index (κ2) is 8.28. The number of benzene rings is 1. The molecule has 4 nitrogen and oxygen atoms in total. The Balaban J connectivity index is 1.52. The monoisotopic (exact) mass is 335 g/mol. The van der Waals surface area contributed by atoms with Crippen molar-refractivity contribution in [3.8, 4) is 5.75 Å². The molecule has 2 fully saturated rings. The lowest BCUT2D eigenvalue weighted by molar-refractivity contribution is 0.0966. The topological polar surface area (TPSA) is 19.0 Å². The van der Waals surface area contributed by atoms with Gasteiger partial charge in [0.15, 0.2) is 11.6 Å². The minimum absolute atomic E-state index is 0.284. The van der Waals surface area contributed by atoms with E-state index in [4.69, 9.17) is 4.74 Å². The summed E-state index contributed by atoms with van der Waals surface area (Å²) in [6.45, 7) is 9.15. The normalized spacial score (nSPS) is 24.2. The molecule has 0 N–H and O–H groups in total. The summed E-state index contributed by atoms with van der Waals surface area (Å²) in [6, 6.07) is 5.22. The molecule has 24 heavy (non-hydrogen) atoms. The lowest BCUT2D eigenvalue weighted by Gasteiger charge is -2.38. The first-order valence-electron chi connectivity index (χ1n) is 9.09. The molecule has 1 unspecified atom stereocenters. The largest absolute Gasteiger partial charge is 0.494 e. The Morgan fingerprint density at radius 2 is 1.92 bits per heavy atom. The number of methoxy groups -OCH3 is 1. The minimum Gasteiger partial charge on any atom is -0.494 e. The smallest absolute Gasteiger partial charge is 0.165 e. The van der Waals surface area contributed by atoms with Crippen LogP contribution in [-0.4, -0.2) is 74.7 Å². The molecule has 1 aromatic rings. The van der Waals surface area contributed by atoms with Crippen LogP contribution in [0.15, 0.2) is 18.2 Å². The number of ether oxygens (including phenoxy) is 1. The third-order valence-electron chi connectivity index (χ3n) is 5.34. The van der Waals surface area contributed by atoms with Gasteiger partial charge in [0, 0.05) is 45.8 Å². The average Bonchev–Trinajstić information content (AvgIpc) is 2.59. The lowest BCUT2D eigenvalue weighted by Crippen LogP contribution is -2.48. The van der Waals surface area contributed by atoms with Crippen LogP contribution < -0.4 is 4.74 Å². The molecule has 2 heterocycles. The molecule has 0 spiro atoms. The van der Waals surface area contributed by atoms with Crippen LogP contribution in [0, 0.1) is 11.7 Å². The van der Waals surface area contributed by atoms with E-state index in [2.05, 4.69) is 21.7 Å². The van der Waals surface area contributed by atoms with E-state index >= 15 is 0 Å². The zero-order chi connectivity index (χ0) is 16.9. The Kier molecular flexibility index (Phi) is 6.09. The molecule has 0 bridgehead atoms. The first kappa shape index (κ1) is 17.6. The molecule has 2 saturated heterocycles. The summed E-state index contributed by atoms with van der Waals surface area (Å²) in [5.41, 5.74) is 1.13. The van der Waals surface area contributed by atoms with Gasteiger partial charge in [-0.15, -0.1) is 0 Å². The Morgan fingerprint density at radius 3 is 2.67 bits per heavy atom. The van der Waals surface area contributed by atoms with Crippen molar-refractivity contribution in [3.63, 3.8) is 0 Å². The van der Waals surface area contributed by atoms with Crippen molar-refractivity contribution < 1.29 is 9.13 Å². The van der Waals surface area contributed by atoms with Crippen LogP contribution in [0.25, 0.3) is 0 Å². The van der Waals surface area contributed by atoms with Crippen LogP contribution in [0.2, 0.25) is 0 Å². The summed E-state index contributed by atoms with van der Waals surface area (Å²) >= 11 is 0. The summed E-state index contributed by atoms with van der Waals surface area (Å²) in [4.78, 5) is 7.54. The van der Waals surface area contributed by atoms with Crippen LogP contribution in [0.5, 0.6) is 5.75 Å². The van der Waals surface area contributed by atoms with Crippen LogP contribution in [0.4, 0.5) is 4.39 Å². The van der Waals surface area contributed by atoms with Crippen molar-refractivity contribution in [2.45, 2.75) is 19.4 Å². The molecule has 2 aliphatic rings. The van der Waals surface area contributed by atoms with E-state index in [0.717, 1.165) is 31.1 Å². The number of likely N-dealkylation sites (N-methyl/N-ethyl adjacent to an activating group) is 1. The highest BCUT2D eigenvalue weighted by Gasteiger charge is 2.24. The molecule has 5 heteroatoms. The number of rotatable bonds is 5. The van der Waals surface area contributed by atoms with Gasteiger partial charge in [0.25, 0.3) is 0 Å². The Morgan fingerprint density at radius 1 is 1.12 bits per heavy atom. The maximum absolute atomic E-state index is 13.6. The third-order valence-corrected chi connectivity index (χ3v) is 5.34. The first-order chi connectivity index (χ1) is 11.6. The van der Waals surface area contributed by atoms with Crippen molar-refractivity contribution in [2.75, 3.05) is 60.0 Å². The molecule has 0 radical (unpaired) electrons. The fraction of sp³-hybridized carbons (Fsp3) is 0.684. The number of hydrogen-bond acceptors (Lipinski definition) is 4. The second-order valence-electron chi connectivity index (χ2n) is 7.32. The van der Waals surface area contributed by atoms with Gasteiger partial charge >= 0.3 is 0 Å². The quantitative estimate of drug-likeness (QED) is 0.822. The van der Waals surface area contributed by atoms with E-state index in [1.54, 1.807) is 0 Å². The van der Waals surface area contributed by atoms with Crippen LogP contribution in [-0.2, 0) is 6.54 Å². The maximum atomic E-state index is 13.6. The summed E-state index contributed by atoms with van der Waals surface area (Å²) in [5, 5.41) is 0. The molecule has 3 rings (SSSR count). The number of nitrogens with zero attached hydrogens (tertiary/aromatic N) is 3. The number of hydrogen-bond donors (Lipinski definition) is 0. The Hall–Kier alpha value is -1.17. The first-order valence-corrected chi connectivity index (χ1v) is 9.09. The molecule has 134 valence electrons. The van der Waals surface area contributed by atoms with Gasteiger partial charge in [-0.1, -0.05) is 6.07 Å². The molecular formula is C19H30FN3O. The number of piperazine rings is 1. The molecule has 2 aliphatic heterocycles. The van der Waals surface area contributed by atoms with Gasteiger partial charge < -0.3 is 14.5 Å². The van der Waals surface area contributed by atoms with Crippen molar-refractivity contribution in [3.05, 3.63) is 29.6 Å². The van der Waals surface area contributed by atoms with Crippen molar-refractivity contribution in [1.82, 2.24) is 14.7 Å². The van der Waals surface area contributed by atoms with Gasteiger partial charge in [0.1, 0.15) is 0 Å². The zero-order valence-electron chi connectivity index (χ0n) is 15.0. The molecule has 0 aliphatic carbocycles. The van der Waals surface area contributed by atoms with Gasteiger partial charge in [-0.3, -0.25) is 4.90 Å². The lowest BCUT2D eigenvalue weighted by atomic mass is 9.96. The van der Waals surface area contributed by atoms with E-state index in [0.29, 0.717) is 5.75 Å². The predicted octanol–water partition coefficient (Wildman–Crippen LogP) is 2.29. The average molecular weight is 335 g/mol. The third kappa shape index (κ3) is 4.68. The second-order valence-corrected chi connectivity index (χ2v) is 7.32. The molecule has 1 aromatic carbocycles.